The van der Waals surface area contributed by atoms with Crippen LogP contribution in [0.3, 0.4) is 0 Å². The Bertz CT molecular complexity index is 999. The number of piperidine rings is 1. The third-order valence-electron chi connectivity index (χ3n) is 5.89. The number of hydrogen-bond acceptors (Lipinski definition) is 5. The molecule has 168 valence electrons. The molecule has 8 nitrogen and oxygen atoms in total. The number of anilines is 2. The van der Waals surface area contributed by atoms with Crippen molar-refractivity contribution in [3.63, 3.8) is 0 Å². The maximum Gasteiger partial charge on any atom is 0.409 e. The number of fused-ring (bicyclic) bond motifs is 1. The van der Waals surface area contributed by atoms with E-state index in [4.69, 9.17) is 4.74 Å². The lowest BCUT2D eigenvalue weighted by molar-refractivity contribution is -0.114. The van der Waals surface area contributed by atoms with Crippen molar-refractivity contribution < 1.29 is 19.1 Å². The summed E-state index contributed by atoms with van der Waals surface area (Å²) < 4.78 is 5.12. The summed E-state index contributed by atoms with van der Waals surface area (Å²) >= 11 is 0. The van der Waals surface area contributed by atoms with Crippen molar-refractivity contribution in [2.24, 2.45) is 0 Å². The molecule has 0 saturated carbocycles. The summed E-state index contributed by atoms with van der Waals surface area (Å²) in [5.41, 5.74) is 3.21. The van der Waals surface area contributed by atoms with Crippen LogP contribution in [-0.2, 0) is 9.53 Å². The lowest BCUT2D eigenvalue weighted by atomic mass is 10.0. The van der Waals surface area contributed by atoms with Crippen LogP contribution in [0, 0.1) is 0 Å². The molecule has 2 aliphatic heterocycles. The Morgan fingerprint density at radius 3 is 2.34 bits per heavy atom. The number of ether oxygens (including phenoxy) is 1. The first-order chi connectivity index (χ1) is 15.5. The number of carbonyl (C=O) groups excluding carboxylic acids is 3. The zero-order chi connectivity index (χ0) is 22.7. The van der Waals surface area contributed by atoms with Gasteiger partial charge in [0.25, 0.3) is 5.91 Å². The van der Waals surface area contributed by atoms with E-state index in [1.165, 1.54) is 6.92 Å². The second-order valence-corrected chi connectivity index (χ2v) is 8.02. The molecule has 2 aliphatic rings. The van der Waals surface area contributed by atoms with Gasteiger partial charge < -0.3 is 25.2 Å². The second-order valence-electron chi connectivity index (χ2n) is 8.02. The van der Waals surface area contributed by atoms with E-state index in [0.717, 1.165) is 11.3 Å². The molecule has 32 heavy (non-hydrogen) atoms. The van der Waals surface area contributed by atoms with E-state index in [1.54, 1.807) is 11.8 Å². The quantitative estimate of drug-likeness (QED) is 0.743. The highest BCUT2D eigenvalue weighted by Gasteiger charge is 2.42. The average molecular weight is 437 g/mol. The monoisotopic (exact) mass is 436 g/mol. The molecule has 1 fully saturated rings. The molecule has 0 spiro atoms. The Hall–Kier alpha value is -3.55. The van der Waals surface area contributed by atoms with Gasteiger partial charge in [0, 0.05) is 48.6 Å². The van der Waals surface area contributed by atoms with Crippen LogP contribution in [0.15, 0.2) is 48.5 Å². The summed E-state index contributed by atoms with van der Waals surface area (Å²) in [5, 5.41) is 6.25. The highest BCUT2D eigenvalue weighted by Crippen LogP contribution is 2.38. The predicted octanol–water partition coefficient (Wildman–Crippen LogP) is 3.83. The van der Waals surface area contributed by atoms with Crippen molar-refractivity contribution in [2.75, 3.05) is 30.3 Å². The fourth-order valence-electron chi connectivity index (χ4n) is 4.41. The van der Waals surface area contributed by atoms with Gasteiger partial charge in [-0.05, 0) is 50.1 Å². The number of hydrogen-bond donors (Lipinski definition) is 2. The molecule has 2 N–H and O–H groups in total. The van der Waals surface area contributed by atoms with E-state index in [9.17, 15) is 14.4 Å². The van der Waals surface area contributed by atoms with Gasteiger partial charge >= 0.3 is 6.09 Å². The predicted molar refractivity (Wildman–Crippen MR) is 121 cm³/mol. The first kappa shape index (κ1) is 21.7. The fraction of sp³-hybridized carbons (Fsp3) is 0.375. The molecule has 1 atom stereocenters. The molecule has 0 radical (unpaired) electrons. The minimum absolute atomic E-state index is 0.00236. The maximum absolute atomic E-state index is 13.3. The normalized spacial score (nSPS) is 18.3. The van der Waals surface area contributed by atoms with E-state index >= 15 is 0 Å². The number of nitrogens with one attached hydrogen (secondary N) is 2. The Labute approximate surface area is 187 Å². The topological polar surface area (TPSA) is 91.0 Å². The first-order valence-corrected chi connectivity index (χ1v) is 11.0. The van der Waals surface area contributed by atoms with Crippen molar-refractivity contribution in [3.05, 3.63) is 59.7 Å². The van der Waals surface area contributed by atoms with Crippen LogP contribution >= 0.6 is 0 Å². The van der Waals surface area contributed by atoms with Crippen LogP contribution in [0.1, 0.15) is 48.8 Å². The molecule has 2 aromatic rings. The van der Waals surface area contributed by atoms with Crippen LogP contribution in [-0.4, -0.2) is 53.4 Å². The van der Waals surface area contributed by atoms with Crippen molar-refractivity contribution in [1.29, 1.82) is 0 Å². The highest BCUT2D eigenvalue weighted by molar-refractivity contribution is 5.99. The molecular formula is C24H28N4O4. The molecule has 0 unspecified atom stereocenters. The smallest absolute Gasteiger partial charge is 0.409 e. The standard InChI is InChI=1S/C24H28N4O4/c1-3-32-24(31)27-14-12-19(13-15-27)28-22(20-6-4-5-7-21(20)23(28)30)26-18-10-8-17(9-11-18)25-16(2)29/h4-11,19,22,26H,3,12-15H2,1-2H3,(H,25,29)/t22-/m1/s1. The summed E-state index contributed by atoms with van der Waals surface area (Å²) in [5.74, 6) is -0.121. The Morgan fingerprint density at radius 2 is 1.69 bits per heavy atom. The molecule has 2 aromatic carbocycles. The number of likely N-dealkylation sites (tertiary alicyclic amines) is 1. The number of nitrogens with zero attached hydrogens (tertiary/aromatic N) is 2. The van der Waals surface area contributed by atoms with Gasteiger partial charge in [0.05, 0.1) is 6.61 Å². The van der Waals surface area contributed by atoms with Gasteiger partial charge in [-0.25, -0.2) is 4.79 Å². The Morgan fingerprint density at radius 1 is 1.03 bits per heavy atom. The Kier molecular flexibility index (Phi) is 6.30. The van der Waals surface area contributed by atoms with Crippen molar-refractivity contribution in [1.82, 2.24) is 9.80 Å². The minimum atomic E-state index is -0.301. The maximum atomic E-state index is 13.3. The van der Waals surface area contributed by atoms with E-state index in [1.807, 2.05) is 53.4 Å². The molecule has 2 heterocycles. The molecule has 3 amide bonds. The fourth-order valence-corrected chi connectivity index (χ4v) is 4.41. The molecule has 4 rings (SSSR count). The second kappa shape index (κ2) is 9.30. The van der Waals surface area contributed by atoms with Crippen LogP contribution in [0.2, 0.25) is 0 Å². The molecule has 1 saturated heterocycles. The Balaban J connectivity index is 1.53. The summed E-state index contributed by atoms with van der Waals surface area (Å²) in [7, 11) is 0. The van der Waals surface area contributed by atoms with Gasteiger partial charge in [-0.2, -0.15) is 0 Å². The molecule has 0 aliphatic carbocycles. The highest BCUT2D eigenvalue weighted by atomic mass is 16.6. The van der Waals surface area contributed by atoms with Crippen LogP contribution < -0.4 is 10.6 Å². The van der Waals surface area contributed by atoms with E-state index < -0.39 is 0 Å². The molecule has 0 aromatic heterocycles. The first-order valence-electron chi connectivity index (χ1n) is 11.0. The van der Waals surface area contributed by atoms with Gasteiger partial charge in [-0.1, -0.05) is 18.2 Å². The van der Waals surface area contributed by atoms with Crippen LogP contribution in [0.25, 0.3) is 0 Å². The van der Waals surface area contributed by atoms with Gasteiger partial charge in [-0.3, -0.25) is 9.59 Å². The summed E-state index contributed by atoms with van der Waals surface area (Å²) in [6.07, 6.45) is 0.788. The summed E-state index contributed by atoms with van der Waals surface area (Å²) in [4.78, 5) is 40.3. The SMILES string of the molecule is CCOC(=O)N1CCC(N2C(=O)c3ccccc3[C@@H]2Nc2ccc(NC(C)=O)cc2)CC1. The third kappa shape index (κ3) is 4.39. The number of benzene rings is 2. The van der Waals surface area contributed by atoms with E-state index in [-0.39, 0.29) is 30.1 Å². The van der Waals surface area contributed by atoms with Gasteiger partial charge in [-0.15, -0.1) is 0 Å². The van der Waals surface area contributed by atoms with Crippen LogP contribution in [0.4, 0.5) is 16.2 Å². The lowest BCUT2D eigenvalue weighted by Crippen LogP contribution is -2.49. The number of carbonyl (C=O) groups is 3. The van der Waals surface area contributed by atoms with Crippen molar-refractivity contribution >= 4 is 29.3 Å². The van der Waals surface area contributed by atoms with Gasteiger partial charge in [0.15, 0.2) is 0 Å². The zero-order valence-electron chi connectivity index (χ0n) is 18.3. The summed E-state index contributed by atoms with van der Waals surface area (Å²) in [6, 6.07) is 15.1. The number of amides is 3. The van der Waals surface area contributed by atoms with E-state index in [0.29, 0.717) is 43.8 Å². The van der Waals surface area contributed by atoms with Gasteiger partial charge in [0.1, 0.15) is 6.17 Å². The zero-order valence-corrected chi connectivity index (χ0v) is 18.3. The van der Waals surface area contributed by atoms with Crippen LogP contribution in [0.5, 0.6) is 0 Å². The molecule has 0 bridgehead atoms. The molecular weight excluding hydrogens is 408 g/mol. The lowest BCUT2D eigenvalue weighted by Gasteiger charge is -2.39. The van der Waals surface area contributed by atoms with Crippen molar-refractivity contribution in [3.8, 4) is 0 Å². The third-order valence-corrected chi connectivity index (χ3v) is 5.89. The van der Waals surface area contributed by atoms with Gasteiger partial charge in [0.2, 0.25) is 5.91 Å². The average Bonchev–Trinajstić information content (AvgIpc) is 3.07. The molecule has 8 heteroatoms. The minimum Gasteiger partial charge on any atom is -0.450 e. The van der Waals surface area contributed by atoms with Crippen molar-refractivity contribution in [2.45, 2.75) is 38.9 Å². The van der Waals surface area contributed by atoms with E-state index in [2.05, 4.69) is 10.6 Å². The summed E-state index contributed by atoms with van der Waals surface area (Å²) in [6.45, 7) is 4.73. The number of rotatable bonds is 5. The largest absolute Gasteiger partial charge is 0.450 e.